The second-order valence-corrected chi connectivity index (χ2v) is 8.39. The minimum atomic E-state index is -1.09. The molecule has 4 rings (SSSR count). The summed E-state index contributed by atoms with van der Waals surface area (Å²) < 4.78 is 18.4. The number of halogens is 1. The fourth-order valence-electron chi connectivity index (χ4n) is 4.05. The van der Waals surface area contributed by atoms with Crippen molar-refractivity contribution in [2.45, 2.75) is 25.9 Å². The third-order valence-corrected chi connectivity index (χ3v) is 5.79. The van der Waals surface area contributed by atoms with Crippen LogP contribution in [0.5, 0.6) is 0 Å². The molecule has 3 aromatic carbocycles. The Morgan fingerprint density at radius 1 is 1.00 bits per heavy atom. The van der Waals surface area contributed by atoms with Gasteiger partial charge in [0.15, 0.2) is 0 Å². The lowest BCUT2D eigenvalue weighted by Gasteiger charge is -2.21. The number of imide groups is 1. The summed E-state index contributed by atoms with van der Waals surface area (Å²) in [7, 11) is 1.27. The third kappa shape index (κ3) is 5.25. The molecule has 9 heteroatoms. The molecule has 1 unspecified atom stereocenters. The number of rotatable bonds is 7. The molecule has 3 aromatic rings. The number of esters is 1. The Labute approximate surface area is 207 Å². The van der Waals surface area contributed by atoms with Crippen molar-refractivity contribution < 1.29 is 28.3 Å². The normalized spacial score (nSPS) is 15.2. The van der Waals surface area contributed by atoms with E-state index < -0.39 is 35.7 Å². The topological polar surface area (TPSA) is 96.0 Å². The van der Waals surface area contributed by atoms with Crippen LogP contribution in [-0.4, -0.2) is 41.9 Å². The minimum Gasteiger partial charge on any atom is -0.465 e. The molecule has 0 saturated carbocycles. The van der Waals surface area contributed by atoms with Crippen LogP contribution in [-0.2, 0) is 20.9 Å². The number of anilines is 2. The van der Waals surface area contributed by atoms with Gasteiger partial charge in [-0.25, -0.2) is 18.9 Å². The molecule has 0 aromatic heterocycles. The number of aryl methyl sites for hydroxylation is 1. The predicted molar refractivity (Wildman–Crippen MR) is 131 cm³/mol. The second-order valence-electron chi connectivity index (χ2n) is 8.39. The number of urea groups is 1. The predicted octanol–water partition coefficient (Wildman–Crippen LogP) is 4.29. The molecule has 36 heavy (non-hydrogen) atoms. The number of hydrogen-bond acceptors (Lipinski definition) is 5. The zero-order chi connectivity index (χ0) is 25.8. The third-order valence-electron chi connectivity index (χ3n) is 5.79. The molecule has 1 fully saturated rings. The first-order chi connectivity index (χ1) is 17.3. The van der Waals surface area contributed by atoms with Gasteiger partial charge >= 0.3 is 12.0 Å². The number of carbonyl (C=O) groups is 4. The van der Waals surface area contributed by atoms with Crippen molar-refractivity contribution in [3.8, 4) is 0 Å². The van der Waals surface area contributed by atoms with Crippen LogP contribution in [0.1, 0.15) is 27.9 Å². The summed E-state index contributed by atoms with van der Waals surface area (Å²) in [5, 5.41) is 2.69. The first-order valence-electron chi connectivity index (χ1n) is 11.2. The number of carbonyl (C=O) groups excluding carboxylic acids is 4. The quantitative estimate of drug-likeness (QED) is 0.395. The Balaban J connectivity index is 1.57. The van der Waals surface area contributed by atoms with Gasteiger partial charge in [-0.2, -0.15) is 0 Å². The highest BCUT2D eigenvalue weighted by atomic mass is 19.1. The van der Waals surface area contributed by atoms with Gasteiger partial charge in [0, 0.05) is 12.2 Å². The molecule has 1 N–H and O–H groups in total. The van der Waals surface area contributed by atoms with Gasteiger partial charge in [0.25, 0.3) is 5.91 Å². The number of amides is 4. The first kappa shape index (κ1) is 24.6. The SMILES string of the molecule is COC(=O)c1ccc(NC(=O)CC2C(=O)N(c3cccc(C)c3)C(=O)N2Cc2cccc(F)c2)cc1. The van der Waals surface area contributed by atoms with E-state index in [1.165, 1.54) is 54.5 Å². The molecule has 1 atom stereocenters. The standard InChI is InChI=1S/C27H24FN3O5/c1-17-5-3-8-22(13-17)31-25(33)23(30(27(31)35)16-18-6-4-7-20(28)14-18)15-24(32)29-21-11-9-19(10-12-21)26(34)36-2/h3-14,23H,15-16H2,1-2H3,(H,29,32). The van der Waals surface area contributed by atoms with Crippen LogP contribution in [0.25, 0.3) is 0 Å². The number of hydrogen-bond donors (Lipinski definition) is 1. The van der Waals surface area contributed by atoms with Gasteiger partial charge in [0.05, 0.1) is 24.8 Å². The van der Waals surface area contributed by atoms with Gasteiger partial charge < -0.3 is 15.0 Å². The average Bonchev–Trinajstić information content (AvgIpc) is 3.08. The van der Waals surface area contributed by atoms with Crippen molar-refractivity contribution in [1.29, 1.82) is 0 Å². The van der Waals surface area contributed by atoms with Crippen molar-refractivity contribution in [3.63, 3.8) is 0 Å². The van der Waals surface area contributed by atoms with Crippen molar-refractivity contribution in [2.75, 3.05) is 17.3 Å². The molecular formula is C27H24FN3O5. The average molecular weight is 490 g/mol. The monoisotopic (exact) mass is 489 g/mol. The van der Waals surface area contributed by atoms with Gasteiger partial charge in [-0.3, -0.25) is 9.59 Å². The van der Waals surface area contributed by atoms with E-state index >= 15 is 0 Å². The van der Waals surface area contributed by atoms with E-state index in [4.69, 9.17) is 0 Å². The lowest BCUT2D eigenvalue weighted by Crippen LogP contribution is -2.37. The number of benzene rings is 3. The molecule has 4 amide bonds. The van der Waals surface area contributed by atoms with E-state index in [1.54, 1.807) is 24.3 Å². The molecule has 0 spiro atoms. The first-order valence-corrected chi connectivity index (χ1v) is 11.2. The van der Waals surface area contributed by atoms with E-state index in [9.17, 15) is 23.6 Å². The summed E-state index contributed by atoms with van der Waals surface area (Å²) in [6.07, 6.45) is -0.305. The van der Waals surface area contributed by atoms with E-state index in [-0.39, 0.29) is 13.0 Å². The summed E-state index contributed by atoms with van der Waals surface area (Å²) in [6, 6.07) is 17.1. The molecule has 1 heterocycles. The van der Waals surface area contributed by atoms with Gasteiger partial charge in [-0.1, -0.05) is 24.3 Å². The van der Waals surface area contributed by atoms with Crippen molar-refractivity contribution in [3.05, 3.63) is 95.3 Å². The Hall–Kier alpha value is -4.53. The van der Waals surface area contributed by atoms with Crippen LogP contribution in [0.2, 0.25) is 0 Å². The molecule has 1 aliphatic rings. The Kier molecular flexibility index (Phi) is 7.10. The Bertz CT molecular complexity index is 1320. The van der Waals surface area contributed by atoms with Gasteiger partial charge in [-0.05, 0) is 66.6 Å². The number of nitrogens with one attached hydrogen (secondary N) is 1. The van der Waals surface area contributed by atoms with E-state index in [2.05, 4.69) is 10.1 Å². The number of methoxy groups -OCH3 is 1. The van der Waals surface area contributed by atoms with Crippen LogP contribution in [0.4, 0.5) is 20.6 Å². The number of ether oxygens (including phenoxy) is 1. The molecule has 0 radical (unpaired) electrons. The molecule has 0 bridgehead atoms. The molecule has 184 valence electrons. The lowest BCUT2D eigenvalue weighted by atomic mass is 10.1. The Morgan fingerprint density at radius 3 is 2.39 bits per heavy atom. The fourth-order valence-corrected chi connectivity index (χ4v) is 4.05. The lowest BCUT2D eigenvalue weighted by molar-refractivity contribution is -0.124. The molecule has 8 nitrogen and oxygen atoms in total. The van der Waals surface area contributed by atoms with Gasteiger partial charge in [0.1, 0.15) is 11.9 Å². The largest absolute Gasteiger partial charge is 0.465 e. The number of nitrogens with zero attached hydrogens (tertiary/aromatic N) is 2. The van der Waals surface area contributed by atoms with Crippen molar-refractivity contribution in [2.24, 2.45) is 0 Å². The molecule has 1 aliphatic heterocycles. The summed E-state index contributed by atoms with van der Waals surface area (Å²) in [5.41, 5.74) is 2.49. The highest BCUT2D eigenvalue weighted by molar-refractivity contribution is 6.22. The summed E-state index contributed by atoms with van der Waals surface area (Å²) >= 11 is 0. The zero-order valence-electron chi connectivity index (χ0n) is 19.7. The summed E-state index contributed by atoms with van der Waals surface area (Å²) in [4.78, 5) is 53.6. The maximum Gasteiger partial charge on any atom is 0.337 e. The molecular weight excluding hydrogens is 465 g/mol. The maximum atomic E-state index is 13.8. The van der Waals surface area contributed by atoms with Crippen LogP contribution in [0.3, 0.4) is 0 Å². The van der Waals surface area contributed by atoms with Crippen LogP contribution >= 0.6 is 0 Å². The highest BCUT2D eigenvalue weighted by Crippen LogP contribution is 2.29. The smallest absolute Gasteiger partial charge is 0.337 e. The Morgan fingerprint density at radius 2 is 1.72 bits per heavy atom. The van der Waals surface area contributed by atoms with Gasteiger partial charge in [-0.15, -0.1) is 0 Å². The van der Waals surface area contributed by atoms with Crippen molar-refractivity contribution >= 4 is 35.2 Å². The van der Waals surface area contributed by atoms with E-state index in [0.717, 1.165) is 10.5 Å². The van der Waals surface area contributed by atoms with Crippen LogP contribution < -0.4 is 10.2 Å². The highest BCUT2D eigenvalue weighted by Gasteiger charge is 2.46. The molecule has 1 saturated heterocycles. The van der Waals surface area contributed by atoms with Gasteiger partial charge in [0.2, 0.25) is 5.91 Å². The van der Waals surface area contributed by atoms with Crippen LogP contribution in [0.15, 0.2) is 72.8 Å². The van der Waals surface area contributed by atoms with Crippen molar-refractivity contribution in [1.82, 2.24) is 4.90 Å². The molecule has 0 aliphatic carbocycles. The zero-order valence-corrected chi connectivity index (χ0v) is 19.7. The second kappa shape index (κ2) is 10.4. The van der Waals surface area contributed by atoms with E-state index in [1.807, 2.05) is 13.0 Å². The van der Waals surface area contributed by atoms with Crippen LogP contribution in [0, 0.1) is 12.7 Å². The summed E-state index contributed by atoms with van der Waals surface area (Å²) in [5.74, 6) is -2.02. The van der Waals surface area contributed by atoms with E-state index in [0.29, 0.717) is 22.5 Å². The fraction of sp³-hybridized carbons (Fsp3) is 0.185. The maximum absolute atomic E-state index is 13.8. The minimum absolute atomic E-state index is 0.0452. The summed E-state index contributed by atoms with van der Waals surface area (Å²) in [6.45, 7) is 1.80.